The SMILES string of the molecule is Nc1ccc(F)cc1C(=O)Nc1ccc(F)nc1. The highest BCUT2D eigenvalue weighted by molar-refractivity contribution is 6.07. The Labute approximate surface area is 101 Å². The zero-order valence-corrected chi connectivity index (χ0v) is 9.15. The molecule has 0 bridgehead atoms. The van der Waals surface area contributed by atoms with Gasteiger partial charge < -0.3 is 11.1 Å². The first kappa shape index (κ1) is 12.0. The summed E-state index contributed by atoms with van der Waals surface area (Å²) in [6.07, 6.45) is 1.16. The minimum absolute atomic E-state index is 0.0133. The molecule has 2 aromatic rings. The highest BCUT2D eigenvalue weighted by atomic mass is 19.1. The molecule has 92 valence electrons. The van der Waals surface area contributed by atoms with Crippen LogP contribution in [0.5, 0.6) is 0 Å². The maximum atomic E-state index is 13.0. The third kappa shape index (κ3) is 2.60. The predicted molar refractivity (Wildman–Crippen MR) is 63.0 cm³/mol. The number of aromatic nitrogens is 1. The summed E-state index contributed by atoms with van der Waals surface area (Å²) < 4.78 is 25.6. The van der Waals surface area contributed by atoms with Crippen molar-refractivity contribution >= 4 is 17.3 Å². The molecule has 0 aliphatic carbocycles. The van der Waals surface area contributed by atoms with Gasteiger partial charge in [0, 0.05) is 5.69 Å². The van der Waals surface area contributed by atoms with Gasteiger partial charge in [-0.1, -0.05) is 0 Å². The van der Waals surface area contributed by atoms with Gasteiger partial charge in [-0.15, -0.1) is 0 Å². The first-order chi connectivity index (χ1) is 8.56. The van der Waals surface area contributed by atoms with E-state index >= 15 is 0 Å². The molecule has 0 aliphatic rings. The summed E-state index contributed by atoms with van der Waals surface area (Å²) in [7, 11) is 0. The van der Waals surface area contributed by atoms with Gasteiger partial charge in [0.1, 0.15) is 5.82 Å². The van der Waals surface area contributed by atoms with Crippen molar-refractivity contribution in [3.8, 4) is 0 Å². The van der Waals surface area contributed by atoms with Crippen LogP contribution in [0.4, 0.5) is 20.2 Å². The average Bonchev–Trinajstić information content (AvgIpc) is 2.35. The van der Waals surface area contributed by atoms with Crippen molar-refractivity contribution < 1.29 is 13.6 Å². The molecule has 0 unspecified atom stereocenters. The van der Waals surface area contributed by atoms with Gasteiger partial charge in [0.25, 0.3) is 5.91 Å². The summed E-state index contributed by atoms with van der Waals surface area (Å²) in [6, 6.07) is 5.93. The van der Waals surface area contributed by atoms with Crippen LogP contribution < -0.4 is 11.1 Å². The summed E-state index contributed by atoms with van der Waals surface area (Å²) >= 11 is 0. The van der Waals surface area contributed by atoms with Gasteiger partial charge in [0.15, 0.2) is 0 Å². The zero-order chi connectivity index (χ0) is 13.1. The summed E-state index contributed by atoms with van der Waals surface area (Å²) in [6.45, 7) is 0. The van der Waals surface area contributed by atoms with Crippen LogP contribution in [0.15, 0.2) is 36.5 Å². The largest absolute Gasteiger partial charge is 0.398 e. The molecule has 6 heteroatoms. The number of carbonyl (C=O) groups is 1. The number of benzene rings is 1. The molecule has 0 fully saturated rings. The molecule has 1 heterocycles. The van der Waals surface area contributed by atoms with Gasteiger partial charge in [-0.05, 0) is 30.3 Å². The number of nitrogen functional groups attached to an aromatic ring is 1. The summed E-state index contributed by atoms with van der Waals surface area (Å²) in [4.78, 5) is 15.2. The number of nitrogens with zero attached hydrogens (tertiary/aromatic N) is 1. The lowest BCUT2D eigenvalue weighted by molar-refractivity contribution is 0.102. The van der Waals surface area contributed by atoms with Crippen LogP contribution in [0.2, 0.25) is 0 Å². The van der Waals surface area contributed by atoms with Crippen molar-refractivity contribution in [2.24, 2.45) is 0 Å². The first-order valence-corrected chi connectivity index (χ1v) is 5.04. The molecule has 0 spiro atoms. The second kappa shape index (κ2) is 4.79. The van der Waals surface area contributed by atoms with Crippen LogP contribution in [-0.4, -0.2) is 10.9 Å². The molecule has 1 aromatic heterocycles. The Kier molecular flexibility index (Phi) is 3.18. The van der Waals surface area contributed by atoms with Crippen LogP contribution in [0, 0.1) is 11.8 Å². The number of hydrogen-bond acceptors (Lipinski definition) is 3. The van der Waals surface area contributed by atoms with E-state index in [4.69, 9.17) is 5.73 Å². The van der Waals surface area contributed by atoms with Crippen molar-refractivity contribution in [1.29, 1.82) is 0 Å². The molecule has 3 N–H and O–H groups in total. The van der Waals surface area contributed by atoms with Crippen molar-refractivity contribution in [2.45, 2.75) is 0 Å². The molecule has 0 aliphatic heterocycles. The number of anilines is 2. The van der Waals surface area contributed by atoms with Gasteiger partial charge in [0.2, 0.25) is 5.95 Å². The Bertz CT molecular complexity index is 584. The van der Waals surface area contributed by atoms with Crippen molar-refractivity contribution in [3.05, 3.63) is 53.9 Å². The second-order valence-electron chi connectivity index (χ2n) is 3.56. The molecule has 0 radical (unpaired) electrons. The summed E-state index contributed by atoms with van der Waals surface area (Å²) in [5.74, 6) is -1.80. The van der Waals surface area contributed by atoms with Gasteiger partial charge in [0.05, 0.1) is 17.4 Å². The van der Waals surface area contributed by atoms with Crippen molar-refractivity contribution in [3.63, 3.8) is 0 Å². The predicted octanol–water partition coefficient (Wildman–Crippen LogP) is 2.19. The number of nitrogens with one attached hydrogen (secondary N) is 1. The number of carbonyl (C=O) groups excluding carboxylic acids is 1. The molecular formula is C12H9F2N3O. The van der Waals surface area contributed by atoms with Crippen LogP contribution in [-0.2, 0) is 0 Å². The molecule has 18 heavy (non-hydrogen) atoms. The topological polar surface area (TPSA) is 68.0 Å². The van der Waals surface area contributed by atoms with Crippen LogP contribution in [0.25, 0.3) is 0 Å². The number of hydrogen-bond donors (Lipinski definition) is 2. The van der Waals surface area contributed by atoms with E-state index in [-0.39, 0.29) is 11.3 Å². The van der Waals surface area contributed by atoms with Crippen LogP contribution in [0.3, 0.4) is 0 Å². The van der Waals surface area contributed by atoms with E-state index in [1.54, 1.807) is 0 Å². The average molecular weight is 249 g/mol. The molecule has 0 atom stereocenters. The minimum atomic E-state index is -0.654. The maximum absolute atomic E-state index is 13.0. The fourth-order valence-corrected chi connectivity index (χ4v) is 1.37. The number of amides is 1. The molecule has 4 nitrogen and oxygen atoms in total. The number of pyridine rings is 1. The molecule has 1 amide bonds. The number of halogens is 2. The standard InChI is InChI=1S/C12H9F2N3O/c13-7-1-3-10(15)9(5-7)12(18)17-8-2-4-11(14)16-6-8/h1-6H,15H2,(H,17,18). The second-order valence-corrected chi connectivity index (χ2v) is 3.56. The zero-order valence-electron chi connectivity index (χ0n) is 9.15. The third-order valence-corrected chi connectivity index (χ3v) is 2.25. The van der Waals surface area contributed by atoms with E-state index in [9.17, 15) is 13.6 Å². The first-order valence-electron chi connectivity index (χ1n) is 5.04. The Balaban J connectivity index is 2.21. The van der Waals surface area contributed by atoms with E-state index in [1.165, 1.54) is 12.1 Å². The molecule has 2 rings (SSSR count). The normalized spacial score (nSPS) is 10.1. The molecule has 1 aromatic carbocycles. The van der Waals surface area contributed by atoms with Gasteiger partial charge in [-0.2, -0.15) is 4.39 Å². The van der Waals surface area contributed by atoms with E-state index in [0.717, 1.165) is 24.4 Å². The summed E-state index contributed by atoms with van der Waals surface area (Å²) in [5.41, 5.74) is 6.03. The number of rotatable bonds is 2. The third-order valence-electron chi connectivity index (χ3n) is 2.25. The number of nitrogens with two attached hydrogens (primary N) is 1. The highest BCUT2D eigenvalue weighted by Crippen LogP contribution is 2.15. The fraction of sp³-hybridized carbons (Fsp3) is 0. The fourth-order valence-electron chi connectivity index (χ4n) is 1.37. The molecule has 0 saturated heterocycles. The van der Waals surface area contributed by atoms with E-state index in [0.29, 0.717) is 5.69 Å². The Morgan fingerprint density at radius 2 is 2.00 bits per heavy atom. The summed E-state index contributed by atoms with van der Waals surface area (Å²) in [5, 5.41) is 2.44. The lowest BCUT2D eigenvalue weighted by Gasteiger charge is -2.07. The Hall–Kier alpha value is -2.50. The van der Waals surface area contributed by atoms with Gasteiger partial charge >= 0.3 is 0 Å². The maximum Gasteiger partial charge on any atom is 0.257 e. The molecule has 0 saturated carbocycles. The lowest BCUT2D eigenvalue weighted by Crippen LogP contribution is -2.14. The highest BCUT2D eigenvalue weighted by Gasteiger charge is 2.11. The van der Waals surface area contributed by atoms with E-state index in [2.05, 4.69) is 10.3 Å². The minimum Gasteiger partial charge on any atom is -0.398 e. The van der Waals surface area contributed by atoms with Crippen LogP contribution >= 0.6 is 0 Å². The van der Waals surface area contributed by atoms with Crippen LogP contribution in [0.1, 0.15) is 10.4 Å². The monoisotopic (exact) mass is 249 g/mol. The van der Waals surface area contributed by atoms with E-state index < -0.39 is 17.7 Å². The van der Waals surface area contributed by atoms with Gasteiger partial charge in [-0.25, -0.2) is 9.37 Å². The lowest BCUT2D eigenvalue weighted by atomic mass is 10.1. The Morgan fingerprint density at radius 3 is 2.67 bits per heavy atom. The van der Waals surface area contributed by atoms with E-state index in [1.807, 2.05) is 0 Å². The molecular weight excluding hydrogens is 240 g/mol. The smallest absolute Gasteiger partial charge is 0.257 e. The van der Waals surface area contributed by atoms with Gasteiger partial charge in [-0.3, -0.25) is 4.79 Å². The Morgan fingerprint density at radius 1 is 1.22 bits per heavy atom. The van der Waals surface area contributed by atoms with Crippen molar-refractivity contribution in [1.82, 2.24) is 4.98 Å². The quantitative estimate of drug-likeness (QED) is 0.633. The van der Waals surface area contributed by atoms with Crippen molar-refractivity contribution in [2.75, 3.05) is 11.1 Å².